The molecular formula is C10H11F3N2O. The number of fused-ring (bicyclic) bond motifs is 1. The van der Waals surface area contributed by atoms with Gasteiger partial charge in [0.05, 0.1) is 5.92 Å². The fraction of sp³-hybridized carbons (Fsp3) is 0.500. The average Bonchev–Trinajstić information content (AvgIpc) is 2.65. The minimum absolute atomic E-state index is 0.0665. The van der Waals surface area contributed by atoms with Crippen LogP contribution in [0.5, 0.6) is 0 Å². The van der Waals surface area contributed by atoms with E-state index in [0.29, 0.717) is 5.69 Å². The van der Waals surface area contributed by atoms with E-state index < -0.39 is 24.0 Å². The molecule has 1 aliphatic rings. The van der Waals surface area contributed by atoms with Crippen LogP contribution >= 0.6 is 0 Å². The van der Waals surface area contributed by atoms with Gasteiger partial charge < -0.3 is 10.3 Å². The molecule has 0 aliphatic carbocycles. The first-order chi connectivity index (χ1) is 7.35. The second kappa shape index (κ2) is 3.26. The fourth-order valence-electron chi connectivity index (χ4n) is 2.24. The minimum Gasteiger partial charge on any atom is -0.364 e. The number of nitrogens with zero attached hydrogens (tertiary/aromatic N) is 1. The lowest BCUT2D eigenvalue weighted by Crippen LogP contribution is -2.35. The van der Waals surface area contributed by atoms with Crippen molar-refractivity contribution >= 4 is 5.91 Å². The summed E-state index contributed by atoms with van der Waals surface area (Å²) in [4.78, 5) is 11.0. The van der Waals surface area contributed by atoms with Gasteiger partial charge in [0.25, 0.3) is 5.91 Å². The van der Waals surface area contributed by atoms with Gasteiger partial charge in [0.2, 0.25) is 6.43 Å². The molecular weight excluding hydrogens is 221 g/mol. The molecule has 6 heteroatoms. The number of hydrogen-bond acceptors (Lipinski definition) is 1. The smallest absolute Gasteiger partial charge is 0.265 e. The van der Waals surface area contributed by atoms with E-state index in [1.165, 1.54) is 12.1 Å². The van der Waals surface area contributed by atoms with E-state index in [9.17, 15) is 18.0 Å². The van der Waals surface area contributed by atoms with Crippen molar-refractivity contribution in [2.24, 2.45) is 11.7 Å². The number of hydrogen-bond donors (Lipinski definition) is 1. The van der Waals surface area contributed by atoms with Crippen LogP contribution in [0.15, 0.2) is 12.1 Å². The van der Waals surface area contributed by atoms with E-state index in [2.05, 4.69) is 0 Å². The maximum Gasteiger partial charge on any atom is 0.265 e. The molecule has 0 spiro atoms. The molecule has 2 rings (SSSR count). The molecule has 2 heterocycles. The van der Waals surface area contributed by atoms with Crippen LogP contribution in [0.2, 0.25) is 0 Å². The SMILES string of the molecule is CC1(F)C(C(F)F)Cc2ccc(C(N)=O)n21. The number of halogens is 3. The monoisotopic (exact) mass is 232 g/mol. The van der Waals surface area contributed by atoms with E-state index in [0.717, 1.165) is 11.5 Å². The summed E-state index contributed by atoms with van der Waals surface area (Å²) >= 11 is 0. The van der Waals surface area contributed by atoms with Crippen LogP contribution in [-0.4, -0.2) is 16.9 Å². The number of carbonyl (C=O) groups excluding carboxylic acids is 1. The van der Waals surface area contributed by atoms with Crippen molar-refractivity contribution < 1.29 is 18.0 Å². The molecule has 0 fully saturated rings. The molecule has 2 atom stereocenters. The molecule has 0 radical (unpaired) electrons. The summed E-state index contributed by atoms with van der Waals surface area (Å²) in [6.07, 6.45) is -2.85. The highest BCUT2D eigenvalue weighted by atomic mass is 19.3. The van der Waals surface area contributed by atoms with E-state index in [4.69, 9.17) is 5.73 Å². The first kappa shape index (κ1) is 11.0. The van der Waals surface area contributed by atoms with Crippen molar-refractivity contribution in [3.8, 4) is 0 Å². The highest BCUT2D eigenvalue weighted by Crippen LogP contribution is 2.43. The molecule has 0 saturated carbocycles. The summed E-state index contributed by atoms with van der Waals surface area (Å²) < 4.78 is 40.5. The Bertz CT molecular complexity index is 439. The zero-order valence-electron chi connectivity index (χ0n) is 8.58. The van der Waals surface area contributed by atoms with Crippen molar-refractivity contribution in [2.45, 2.75) is 25.6 Å². The first-order valence-corrected chi connectivity index (χ1v) is 4.83. The largest absolute Gasteiger partial charge is 0.364 e. The summed E-state index contributed by atoms with van der Waals surface area (Å²) in [5.41, 5.74) is 5.37. The van der Waals surface area contributed by atoms with Crippen LogP contribution in [0.25, 0.3) is 0 Å². The maximum atomic E-state index is 14.2. The van der Waals surface area contributed by atoms with Gasteiger partial charge in [-0.1, -0.05) is 0 Å². The number of aromatic nitrogens is 1. The van der Waals surface area contributed by atoms with Crippen LogP contribution in [0.4, 0.5) is 13.2 Å². The van der Waals surface area contributed by atoms with E-state index in [1.807, 2.05) is 0 Å². The summed E-state index contributed by atoms with van der Waals surface area (Å²) in [6.45, 7) is 1.05. The molecule has 3 nitrogen and oxygen atoms in total. The van der Waals surface area contributed by atoms with Crippen molar-refractivity contribution in [1.29, 1.82) is 0 Å². The Kier molecular flexibility index (Phi) is 2.25. The Labute approximate surface area is 90.0 Å². The van der Waals surface area contributed by atoms with Gasteiger partial charge in [0, 0.05) is 12.1 Å². The third-order valence-electron chi connectivity index (χ3n) is 3.06. The molecule has 16 heavy (non-hydrogen) atoms. The lowest BCUT2D eigenvalue weighted by atomic mass is 9.98. The molecule has 0 aromatic carbocycles. The van der Waals surface area contributed by atoms with Gasteiger partial charge in [0.15, 0.2) is 5.79 Å². The highest BCUT2D eigenvalue weighted by molar-refractivity contribution is 5.91. The molecule has 1 aromatic rings. The van der Waals surface area contributed by atoms with Gasteiger partial charge in [-0.05, 0) is 19.1 Å². The molecule has 1 aliphatic heterocycles. The number of rotatable bonds is 2. The molecule has 2 unspecified atom stereocenters. The summed E-state index contributed by atoms with van der Waals surface area (Å²) in [5, 5.41) is 0. The molecule has 2 N–H and O–H groups in total. The van der Waals surface area contributed by atoms with Crippen molar-refractivity contribution in [2.75, 3.05) is 0 Å². The minimum atomic E-state index is -2.77. The van der Waals surface area contributed by atoms with Crippen LogP contribution < -0.4 is 5.73 Å². The zero-order chi connectivity index (χ0) is 12.1. The Hall–Kier alpha value is -1.46. The number of amides is 1. The summed E-state index contributed by atoms with van der Waals surface area (Å²) in [6, 6.07) is 2.82. The quantitative estimate of drug-likeness (QED) is 0.828. The second-order valence-corrected chi connectivity index (χ2v) is 4.08. The second-order valence-electron chi connectivity index (χ2n) is 4.08. The van der Waals surface area contributed by atoms with Crippen molar-refractivity contribution in [3.63, 3.8) is 0 Å². The third-order valence-corrected chi connectivity index (χ3v) is 3.06. The van der Waals surface area contributed by atoms with E-state index >= 15 is 0 Å². The topological polar surface area (TPSA) is 48.0 Å². The Morgan fingerprint density at radius 3 is 2.75 bits per heavy atom. The molecule has 0 saturated heterocycles. The Morgan fingerprint density at radius 1 is 1.62 bits per heavy atom. The molecule has 0 bridgehead atoms. The number of nitrogens with two attached hydrogens (primary N) is 1. The highest BCUT2D eigenvalue weighted by Gasteiger charge is 2.49. The van der Waals surface area contributed by atoms with E-state index in [-0.39, 0.29) is 12.1 Å². The van der Waals surface area contributed by atoms with Gasteiger partial charge >= 0.3 is 0 Å². The molecule has 1 amide bonds. The van der Waals surface area contributed by atoms with Crippen molar-refractivity contribution in [3.05, 3.63) is 23.5 Å². The summed E-state index contributed by atoms with van der Waals surface area (Å²) in [7, 11) is 0. The fourth-order valence-corrected chi connectivity index (χ4v) is 2.24. The number of primary amides is 1. The zero-order valence-corrected chi connectivity index (χ0v) is 8.58. The average molecular weight is 232 g/mol. The van der Waals surface area contributed by atoms with Crippen LogP contribution in [-0.2, 0) is 12.2 Å². The third kappa shape index (κ3) is 1.32. The van der Waals surface area contributed by atoms with Gasteiger partial charge in [-0.2, -0.15) is 0 Å². The van der Waals surface area contributed by atoms with Crippen LogP contribution in [0.1, 0.15) is 23.1 Å². The van der Waals surface area contributed by atoms with Crippen LogP contribution in [0.3, 0.4) is 0 Å². The lowest BCUT2D eigenvalue weighted by Gasteiger charge is -2.25. The maximum absolute atomic E-state index is 14.2. The van der Waals surface area contributed by atoms with Gasteiger partial charge in [0.1, 0.15) is 5.69 Å². The van der Waals surface area contributed by atoms with Gasteiger partial charge in [-0.25, -0.2) is 13.2 Å². The predicted octanol–water partition coefficient (Wildman–Crippen LogP) is 1.67. The number of carbonyl (C=O) groups is 1. The first-order valence-electron chi connectivity index (χ1n) is 4.83. The van der Waals surface area contributed by atoms with Gasteiger partial charge in [-0.3, -0.25) is 4.79 Å². The Morgan fingerprint density at radius 2 is 2.25 bits per heavy atom. The normalized spacial score (nSPS) is 28.4. The van der Waals surface area contributed by atoms with Crippen molar-refractivity contribution in [1.82, 2.24) is 4.57 Å². The Balaban J connectivity index is 2.51. The molecule has 1 aromatic heterocycles. The van der Waals surface area contributed by atoms with E-state index in [1.54, 1.807) is 0 Å². The van der Waals surface area contributed by atoms with Gasteiger partial charge in [-0.15, -0.1) is 0 Å². The number of alkyl halides is 3. The predicted molar refractivity (Wildman–Crippen MR) is 50.9 cm³/mol. The van der Waals surface area contributed by atoms with Crippen LogP contribution in [0, 0.1) is 5.92 Å². The lowest BCUT2D eigenvalue weighted by molar-refractivity contribution is -0.0484. The molecule has 88 valence electrons. The summed E-state index contributed by atoms with van der Waals surface area (Å²) in [5.74, 6) is -4.51. The standard InChI is InChI=1S/C10H11F3N2O/c1-10(13)6(8(11)12)4-5-2-3-7(9(14)16)15(5)10/h2-3,6,8H,4H2,1H3,(H2,14,16).